The zero-order valence-electron chi connectivity index (χ0n) is 15.1. The van der Waals surface area contributed by atoms with E-state index >= 15 is 0 Å². The van der Waals surface area contributed by atoms with Crippen molar-refractivity contribution in [3.05, 3.63) is 35.9 Å². The number of benzene rings is 1. The third-order valence-electron chi connectivity index (χ3n) is 6.08. The molecule has 2 unspecified atom stereocenters. The minimum Gasteiger partial charge on any atom is -0.479 e. The van der Waals surface area contributed by atoms with Gasteiger partial charge in [0.1, 0.15) is 5.54 Å². The molecule has 25 heavy (non-hydrogen) atoms. The van der Waals surface area contributed by atoms with Gasteiger partial charge in [0, 0.05) is 24.9 Å². The predicted molar refractivity (Wildman–Crippen MR) is 94.2 cm³/mol. The first-order valence-corrected chi connectivity index (χ1v) is 9.02. The zero-order chi connectivity index (χ0) is 18.2. The van der Waals surface area contributed by atoms with Gasteiger partial charge in [0.15, 0.2) is 0 Å². The zero-order valence-corrected chi connectivity index (χ0v) is 15.1. The van der Waals surface area contributed by atoms with Crippen molar-refractivity contribution in [2.45, 2.75) is 57.6 Å². The van der Waals surface area contributed by atoms with Crippen LogP contribution in [0.2, 0.25) is 0 Å². The van der Waals surface area contributed by atoms with E-state index in [9.17, 15) is 14.7 Å². The van der Waals surface area contributed by atoms with Crippen LogP contribution >= 0.6 is 0 Å². The van der Waals surface area contributed by atoms with Crippen molar-refractivity contribution in [2.75, 3.05) is 6.61 Å². The summed E-state index contributed by atoms with van der Waals surface area (Å²) in [5, 5.41) is 12.6. The maximum absolute atomic E-state index is 12.5. The van der Waals surface area contributed by atoms with Crippen LogP contribution in [0.15, 0.2) is 30.3 Å². The third-order valence-corrected chi connectivity index (χ3v) is 6.08. The van der Waals surface area contributed by atoms with Gasteiger partial charge < -0.3 is 15.2 Å². The Hall–Kier alpha value is -1.88. The normalized spacial score (nSPS) is 32.5. The Morgan fingerprint density at radius 1 is 1.28 bits per heavy atom. The molecule has 0 aromatic heterocycles. The Bertz CT molecular complexity index is 657. The van der Waals surface area contributed by atoms with E-state index in [1.165, 1.54) is 5.56 Å². The summed E-state index contributed by atoms with van der Waals surface area (Å²) < 4.78 is 5.63. The number of carboxylic acids is 1. The van der Waals surface area contributed by atoms with Gasteiger partial charge in [-0.25, -0.2) is 4.79 Å². The quantitative estimate of drug-likeness (QED) is 0.797. The van der Waals surface area contributed by atoms with E-state index in [2.05, 4.69) is 17.4 Å². The molecule has 2 fully saturated rings. The largest absolute Gasteiger partial charge is 0.479 e. The summed E-state index contributed by atoms with van der Waals surface area (Å²) in [4.78, 5) is 24.4. The fourth-order valence-corrected chi connectivity index (χ4v) is 4.15. The van der Waals surface area contributed by atoms with Gasteiger partial charge >= 0.3 is 5.97 Å². The average molecular weight is 345 g/mol. The number of amides is 1. The molecule has 5 nitrogen and oxygen atoms in total. The van der Waals surface area contributed by atoms with Crippen LogP contribution in [-0.4, -0.2) is 35.2 Å². The molecule has 0 bridgehead atoms. The van der Waals surface area contributed by atoms with Crippen LogP contribution in [0, 0.1) is 11.3 Å². The summed E-state index contributed by atoms with van der Waals surface area (Å²) in [5.41, 5.74) is -0.609. The highest BCUT2D eigenvalue weighted by molar-refractivity contribution is 5.89. The molecule has 2 aliphatic rings. The molecule has 136 valence electrons. The maximum atomic E-state index is 12.5. The van der Waals surface area contributed by atoms with E-state index in [0.29, 0.717) is 31.3 Å². The van der Waals surface area contributed by atoms with Crippen molar-refractivity contribution in [3.8, 4) is 0 Å². The number of ether oxygens (including phenoxy) is 1. The first-order valence-electron chi connectivity index (χ1n) is 9.02. The molecule has 0 saturated heterocycles. The van der Waals surface area contributed by atoms with Gasteiger partial charge in [-0.05, 0) is 30.7 Å². The fraction of sp³-hybridized carbons (Fsp3) is 0.600. The summed E-state index contributed by atoms with van der Waals surface area (Å²) >= 11 is 0. The molecule has 3 rings (SSSR count). The fourth-order valence-electron chi connectivity index (χ4n) is 4.15. The van der Waals surface area contributed by atoms with Gasteiger partial charge in [-0.1, -0.05) is 44.2 Å². The second kappa shape index (κ2) is 6.45. The topological polar surface area (TPSA) is 75.6 Å². The van der Waals surface area contributed by atoms with E-state index in [4.69, 9.17) is 4.74 Å². The average Bonchev–Trinajstić information content (AvgIpc) is 3.33. The molecule has 0 heterocycles. The molecule has 2 N–H and O–H groups in total. The van der Waals surface area contributed by atoms with Crippen LogP contribution in [0.1, 0.15) is 51.5 Å². The summed E-state index contributed by atoms with van der Waals surface area (Å²) in [6.07, 6.45) is 1.54. The van der Waals surface area contributed by atoms with E-state index < -0.39 is 16.9 Å². The van der Waals surface area contributed by atoms with Crippen molar-refractivity contribution in [1.82, 2.24) is 5.32 Å². The molecule has 0 aliphatic heterocycles. The first-order chi connectivity index (χ1) is 11.8. The van der Waals surface area contributed by atoms with E-state index in [1.54, 1.807) is 0 Å². The Balaban J connectivity index is 1.61. The van der Waals surface area contributed by atoms with Gasteiger partial charge in [0.25, 0.3) is 0 Å². The number of rotatable bonds is 7. The Morgan fingerprint density at radius 3 is 2.52 bits per heavy atom. The molecule has 1 aromatic carbocycles. The Kier molecular flexibility index (Phi) is 4.62. The van der Waals surface area contributed by atoms with E-state index in [0.717, 1.165) is 6.42 Å². The van der Waals surface area contributed by atoms with Gasteiger partial charge in [0.2, 0.25) is 5.91 Å². The molecular formula is C20H27NO4. The number of aliphatic carboxylic acids is 1. The molecule has 5 heteroatoms. The SMILES string of the molecule is CCOC1CC(NC(=O)C[C@@H]2C[C@H]2c2ccccc2)(C(=O)O)C1(C)C. The third kappa shape index (κ3) is 3.06. The second-order valence-corrected chi connectivity index (χ2v) is 7.85. The first kappa shape index (κ1) is 17.9. The highest BCUT2D eigenvalue weighted by atomic mass is 16.5. The molecule has 0 radical (unpaired) electrons. The van der Waals surface area contributed by atoms with Gasteiger partial charge in [0.05, 0.1) is 6.10 Å². The molecule has 0 spiro atoms. The monoisotopic (exact) mass is 345 g/mol. The number of carbonyl (C=O) groups excluding carboxylic acids is 1. The molecular weight excluding hydrogens is 318 g/mol. The number of nitrogens with one attached hydrogen (secondary N) is 1. The van der Waals surface area contributed by atoms with Gasteiger partial charge in [-0.2, -0.15) is 0 Å². The standard InChI is InChI=1S/C20H27NO4/c1-4-25-16-12-20(18(23)24,19(16,2)3)21-17(22)11-14-10-15(14)13-8-6-5-7-9-13/h5-9,14-16H,4,10-12H2,1-3H3,(H,21,22)(H,23,24)/t14-,15-,16?,20?/m0/s1. The number of hydrogen-bond donors (Lipinski definition) is 2. The molecule has 1 amide bonds. The lowest BCUT2D eigenvalue weighted by Crippen LogP contribution is -2.76. The van der Waals surface area contributed by atoms with Crippen LogP contribution in [0.4, 0.5) is 0 Å². The summed E-state index contributed by atoms with van der Waals surface area (Å²) in [6, 6.07) is 10.2. The van der Waals surface area contributed by atoms with Crippen molar-refractivity contribution in [2.24, 2.45) is 11.3 Å². The van der Waals surface area contributed by atoms with Crippen LogP contribution in [0.5, 0.6) is 0 Å². The predicted octanol–water partition coefficient (Wildman–Crippen LogP) is 2.95. The lowest BCUT2D eigenvalue weighted by molar-refractivity contribution is -0.194. The minimum absolute atomic E-state index is 0.146. The molecule has 1 aromatic rings. The van der Waals surface area contributed by atoms with Crippen LogP contribution in [0.3, 0.4) is 0 Å². The lowest BCUT2D eigenvalue weighted by Gasteiger charge is -2.58. The summed E-state index contributed by atoms with van der Waals surface area (Å²) in [7, 11) is 0. The Morgan fingerprint density at radius 2 is 1.96 bits per heavy atom. The van der Waals surface area contributed by atoms with Gasteiger partial charge in [-0.15, -0.1) is 0 Å². The molecule has 2 saturated carbocycles. The number of carboxylic acid groups (broad SMARTS) is 1. The minimum atomic E-state index is -1.24. The highest BCUT2D eigenvalue weighted by Crippen LogP contribution is 2.53. The lowest BCUT2D eigenvalue weighted by atomic mass is 9.54. The van der Waals surface area contributed by atoms with E-state index in [-0.39, 0.29) is 12.0 Å². The molecule has 4 atom stereocenters. The van der Waals surface area contributed by atoms with Crippen molar-refractivity contribution in [3.63, 3.8) is 0 Å². The molecule has 2 aliphatic carbocycles. The summed E-state index contributed by atoms with van der Waals surface area (Å²) in [6.45, 7) is 6.15. The number of carbonyl (C=O) groups is 2. The van der Waals surface area contributed by atoms with Crippen molar-refractivity contribution >= 4 is 11.9 Å². The van der Waals surface area contributed by atoms with Crippen LogP contribution in [-0.2, 0) is 14.3 Å². The van der Waals surface area contributed by atoms with Crippen molar-refractivity contribution < 1.29 is 19.4 Å². The van der Waals surface area contributed by atoms with Crippen molar-refractivity contribution in [1.29, 1.82) is 0 Å². The van der Waals surface area contributed by atoms with Gasteiger partial charge in [-0.3, -0.25) is 4.79 Å². The highest BCUT2D eigenvalue weighted by Gasteiger charge is 2.66. The van der Waals surface area contributed by atoms with Crippen LogP contribution < -0.4 is 5.32 Å². The van der Waals surface area contributed by atoms with E-state index in [1.807, 2.05) is 39.0 Å². The smallest absolute Gasteiger partial charge is 0.330 e. The van der Waals surface area contributed by atoms with Crippen LogP contribution in [0.25, 0.3) is 0 Å². The number of hydrogen-bond acceptors (Lipinski definition) is 3. The maximum Gasteiger partial charge on any atom is 0.330 e. The Labute approximate surface area is 148 Å². The second-order valence-electron chi connectivity index (χ2n) is 7.85. The summed E-state index contributed by atoms with van der Waals surface area (Å²) in [5.74, 6) is -0.427.